The first kappa shape index (κ1) is 18.1. The van der Waals surface area contributed by atoms with Gasteiger partial charge < -0.3 is 19.9 Å². The Balaban J connectivity index is 1.78. The number of aromatic nitrogens is 2. The van der Waals surface area contributed by atoms with E-state index in [0.717, 1.165) is 0 Å². The van der Waals surface area contributed by atoms with Crippen molar-refractivity contribution in [3.63, 3.8) is 0 Å². The van der Waals surface area contributed by atoms with Gasteiger partial charge in [-0.3, -0.25) is 14.6 Å². The number of rotatable bonds is 5. The average molecular weight is 366 g/mol. The Labute approximate surface area is 155 Å². The number of benzene rings is 1. The molecule has 2 N–H and O–H groups in total. The molecule has 0 fully saturated rings. The number of methoxy groups -OCH3 is 1. The Kier molecular flexibility index (Phi) is 5.16. The van der Waals surface area contributed by atoms with Gasteiger partial charge in [-0.15, -0.1) is 0 Å². The van der Waals surface area contributed by atoms with Crippen molar-refractivity contribution in [1.82, 2.24) is 10.1 Å². The maximum atomic E-state index is 12.4. The Morgan fingerprint density at radius 1 is 1.11 bits per heavy atom. The minimum atomic E-state index is -0.333. The van der Waals surface area contributed by atoms with Crippen molar-refractivity contribution >= 4 is 23.2 Å². The number of nitrogens with one attached hydrogen (secondary N) is 2. The van der Waals surface area contributed by atoms with Gasteiger partial charge in [0.2, 0.25) is 0 Å². The van der Waals surface area contributed by atoms with Gasteiger partial charge in [0.25, 0.3) is 11.8 Å². The number of anilines is 2. The van der Waals surface area contributed by atoms with Crippen LogP contribution in [0.5, 0.6) is 5.75 Å². The molecule has 0 spiro atoms. The molecule has 27 heavy (non-hydrogen) atoms. The van der Waals surface area contributed by atoms with Crippen LogP contribution in [0.4, 0.5) is 11.4 Å². The summed E-state index contributed by atoms with van der Waals surface area (Å²) in [5.74, 6) is 0.204. The van der Waals surface area contributed by atoms with Crippen LogP contribution in [0.15, 0.2) is 47.2 Å². The minimum absolute atomic E-state index is 0.311. The molecule has 8 heteroatoms. The topological polar surface area (TPSA) is 106 Å². The third-order valence-corrected chi connectivity index (χ3v) is 3.89. The van der Waals surface area contributed by atoms with Gasteiger partial charge in [-0.05, 0) is 38.1 Å². The van der Waals surface area contributed by atoms with Crippen LogP contribution < -0.4 is 15.4 Å². The lowest BCUT2D eigenvalue weighted by molar-refractivity contribution is 0.101. The number of ether oxygens (including phenoxy) is 1. The van der Waals surface area contributed by atoms with Crippen LogP contribution in [-0.2, 0) is 0 Å². The summed E-state index contributed by atoms with van der Waals surface area (Å²) in [5, 5.41) is 9.31. The number of hydrogen-bond acceptors (Lipinski definition) is 6. The first-order chi connectivity index (χ1) is 13.0. The lowest BCUT2D eigenvalue weighted by Gasteiger charge is -2.12. The van der Waals surface area contributed by atoms with Gasteiger partial charge in [0.05, 0.1) is 24.1 Å². The largest absolute Gasteiger partial charge is 0.494 e. The second-order valence-corrected chi connectivity index (χ2v) is 5.76. The van der Waals surface area contributed by atoms with Gasteiger partial charge in [-0.2, -0.15) is 0 Å². The van der Waals surface area contributed by atoms with E-state index in [1.807, 2.05) is 0 Å². The molecule has 138 valence electrons. The van der Waals surface area contributed by atoms with E-state index in [1.165, 1.54) is 13.3 Å². The van der Waals surface area contributed by atoms with Gasteiger partial charge in [0.1, 0.15) is 17.1 Å². The number of aryl methyl sites for hydroxylation is 2. The van der Waals surface area contributed by atoms with Gasteiger partial charge in [0, 0.05) is 24.1 Å². The molecule has 0 atom stereocenters. The van der Waals surface area contributed by atoms with Crippen LogP contribution in [-0.4, -0.2) is 29.1 Å². The monoisotopic (exact) mass is 366 g/mol. The molecule has 0 unspecified atom stereocenters. The molecule has 2 aromatic heterocycles. The molecule has 0 aliphatic rings. The summed E-state index contributed by atoms with van der Waals surface area (Å²) >= 11 is 0. The fourth-order valence-electron chi connectivity index (χ4n) is 2.56. The molecule has 2 heterocycles. The number of nitrogens with zero attached hydrogens (tertiary/aromatic N) is 2. The lowest BCUT2D eigenvalue weighted by atomic mass is 10.2. The number of pyridine rings is 1. The summed E-state index contributed by atoms with van der Waals surface area (Å²) in [6.07, 6.45) is 3.06. The molecule has 0 aliphatic heterocycles. The van der Waals surface area contributed by atoms with Crippen molar-refractivity contribution in [3.05, 3.63) is 65.3 Å². The predicted octanol–water partition coefficient (Wildman–Crippen LogP) is 3.20. The van der Waals surface area contributed by atoms with Crippen molar-refractivity contribution < 1.29 is 18.8 Å². The van der Waals surface area contributed by atoms with Crippen molar-refractivity contribution in [2.24, 2.45) is 0 Å². The lowest BCUT2D eigenvalue weighted by Crippen LogP contribution is -2.15. The highest BCUT2D eigenvalue weighted by molar-refractivity contribution is 6.07. The second-order valence-electron chi connectivity index (χ2n) is 5.76. The van der Waals surface area contributed by atoms with E-state index in [0.29, 0.717) is 39.7 Å². The Morgan fingerprint density at radius 2 is 1.93 bits per heavy atom. The number of carbonyl (C=O) groups is 2. The van der Waals surface area contributed by atoms with E-state index in [4.69, 9.17) is 9.26 Å². The molecule has 0 aliphatic carbocycles. The Hall–Kier alpha value is -3.68. The minimum Gasteiger partial charge on any atom is -0.494 e. The number of hydrogen-bond donors (Lipinski definition) is 2. The standard InChI is InChI=1S/C19H18N4O4/c1-11-17(12(2)27-23-11)19(25)21-14-6-7-15(16(9-14)26-3)22-18(24)13-5-4-8-20-10-13/h4-10H,1-3H3,(H,21,25)(H,22,24). The molecule has 2 amide bonds. The molecular weight excluding hydrogens is 348 g/mol. The van der Waals surface area contributed by atoms with Crippen LogP contribution in [0, 0.1) is 13.8 Å². The third-order valence-electron chi connectivity index (χ3n) is 3.89. The summed E-state index contributed by atoms with van der Waals surface area (Å²) in [5.41, 5.74) is 2.31. The number of amides is 2. The van der Waals surface area contributed by atoms with E-state index < -0.39 is 0 Å². The smallest absolute Gasteiger partial charge is 0.261 e. The zero-order chi connectivity index (χ0) is 19.4. The van der Waals surface area contributed by atoms with E-state index in [9.17, 15) is 9.59 Å². The normalized spacial score (nSPS) is 10.3. The van der Waals surface area contributed by atoms with E-state index in [2.05, 4.69) is 20.8 Å². The average Bonchev–Trinajstić information content (AvgIpc) is 3.02. The molecule has 0 saturated carbocycles. The first-order valence-electron chi connectivity index (χ1n) is 8.13. The molecule has 3 rings (SSSR count). The summed E-state index contributed by atoms with van der Waals surface area (Å²) in [6, 6.07) is 8.27. The molecule has 8 nitrogen and oxygen atoms in total. The van der Waals surface area contributed by atoms with Crippen molar-refractivity contribution in [2.75, 3.05) is 17.7 Å². The van der Waals surface area contributed by atoms with Crippen LogP contribution in [0.2, 0.25) is 0 Å². The predicted molar refractivity (Wildman–Crippen MR) is 99.1 cm³/mol. The fourth-order valence-corrected chi connectivity index (χ4v) is 2.56. The second kappa shape index (κ2) is 7.69. The van der Waals surface area contributed by atoms with E-state index in [-0.39, 0.29) is 11.8 Å². The molecular formula is C19H18N4O4. The fraction of sp³-hybridized carbons (Fsp3) is 0.158. The zero-order valence-electron chi connectivity index (χ0n) is 15.1. The highest BCUT2D eigenvalue weighted by Gasteiger charge is 2.18. The SMILES string of the molecule is COc1cc(NC(=O)c2c(C)noc2C)ccc1NC(=O)c1cccnc1. The maximum Gasteiger partial charge on any atom is 0.261 e. The quantitative estimate of drug-likeness (QED) is 0.718. The number of carbonyl (C=O) groups excluding carboxylic acids is 2. The van der Waals surface area contributed by atoms with Gasteiger partial charge in [-0.1, -0.05) is 5.16 Å². The third kappa shape index (κ3) is 3.95. The maximum absolute atomic E-state index is 12.4. The van der Waals surface area contributed by atoms with Crippen molar-refractivity contribution in [1.29, 1.82) is 0 Å². The van der Waals surface area contributed by atoms with Gasteiger partial charge in [-0.25, -0.2) is 0 Å². The summed E-state index contributed by atoms with van der Waals surface area (Å²) < 4.78 is 10.3. The van der Waals surface area contributed by atoms with Crippen LogP contribution >= 0.6 is 0 Å². The van der Waals surface area contributed by atoms with Gasteiger partial charge in [0.15, 0.2) is 0 Å². The van der Waals surface area contributed by atoms with Crippen molar-refractivity contribution in [2.45, 2.75) is 13.8 Å². The van der Waals surface area contributed by atoms with Crippen molar-refractivity contribution in [3.8, 4) is 5.75 Å². The van der Waals surface area contributed by atoms with E-state index >= 15 is 0 Å². The molecule has 3 aromatic rings. The first-order valence-corrected chi connectivity index (χ1v) is 8.13. The molecule has 0 saturated heterocycles. The van der Waals surface area contributed by atoms with Crippen LogP contribution in [0.1, 0.15) is 32.2 Å². The summed E-state index contributed by atoms with van der Waals surface area (Å²) in [4.78, 5) is 28.6. The van der Waals surface area contributed by atoms with Crippen LogP contribution in [0.3, 0.4) is 0 Å². The highest BCUT2D eigenvalue weighted by atomic mass is 16.5. The Morgan fingerprint density at radius 3 is 2.56 bits per heavy atom. The molecule has 1 aromatic carbocycles. The highest BCUT2D eigenvalue weighted by Crippen LogP contribution is 2.29. The summed E-state index contributed by atoms with van der Waals surface area (Å²) in [6.45, 7) is 3.37. The summed E-state index contributed by atoms with van der Waals surface area (Å²) in [7, 11) is 1.48. The van der Waals surface area contributed by atoms with Gasteiger partial charge >= 0.3 is 0 Å². The zero-order valence-corrected chi connectivity index (χ0v) is 15.1. The van der Waals surface area contributed by atoms with Crippen LogP contribution in [0.25, 0.3) is 0 Å². The Bertz CT molecular complexity index is 963. The molecule has 0 bridgehead atoms. The molecule has 0 radical (unpaired) electrons. The van der Waals surface area contributed by atoms with E-state index in [1.54, 1.807) is 50.4 Å².